The second-order valence-electron chi connectivity index (χ2n) is 5.85. The third-order valence-electron chi connectivity index (χ3n) is 4.20. The minimum atomic E-state index is 1.05. The molecule has 0 nitrogen and oxygen atoms in total. The van der Waals surface area contributed by atoms with Gasteiger partial charge in [0, 0.05) is 4.47 Å². The van der Waals surface area contributed by atoms with Gasteiger partial charge in [-0.05, 0) is 85.2 Å². The molecule has 0 saturated carbocycles. The van der Waals surface area contributed by atoms with Crippen LogP contribution < -0.4 is 0 Å². The number of halogens is 1. The first-order valence-corrected chi connectivity index (χ1v) is 7.84. The van der Waals surface area contributed by atoms with Gasteiger partial charge in [0.05, 0.1) is 0 Å². The number of fused-ring (bicyclic) bond motifs is 1. The lowest BCUT2D eigenvalue weighted by Crippen LogP contribution is -1.93. The van der Waals surface area contributed by atoms with Gasteiger partial charge in [-0.2, -0.15) is 0 Å². The molecule has 0 amide bonds. The molecule has 0 bridgehead atoms. The van der Waals surface area contributed by atoms with Gasteiger partial charge in [-0.15, -0.1) is 0 Å². The van der Waals surface area contributed by atoms with E-state index in [2.05, 4.69) is 74.0 Å². The van der Waals surface area contributed by atoms with Crippen molar-refractivity contribution in [2.24, 2.45) is 0 Å². The van der Waals surface area contributed by atoms with Gasteiger partial charge in [-0.1, -0.05) is 39.7 Å². The summed E-state index contributed by atoms with van der Waals surface area (Å²) in [5.41, 5.74) is 11.0. The minimum Gasteiger partial charge on any atom is -0.0765 e. The average Bonchev–Trinajstić information content (AvgIpc) is 2.70. The SMILES string of the molecule is CC1=CCc2c(Br)cc(-c3c(C)cc(C)cc3C)cc21. The molecular formula is C19H19Br. The molecule has 1 aliphatic carbocycles. The smallest absolute Gasteiger partial charge is 0.0222 e. The standard InChI is InChI=1S/C19H19Br/c1-11-7-13(3)19(14(4)8-11)15-9-17-12(2)5-6-16(17)18(20)10-15/h5,7-10H,6H2,1-4H3. The Morgan fingerprint density at radius 3 is 2.20 bits per heavy atom. The molecule has 0 unspecified atom stereocenters. The van der Waals surface area contributed by atoms with Crippen LogP contribution in [0, 0.1) is 20.8 Å². The van der Waals surface area contributed by atoms with Crippen LogP contribution in [0.15, 0.2) is 34.8 Å². The first-order chi connectivity index (χ1) is 9.47. The van der Waals surface area contributed by atoms with E-state index in [9.17, 15) is 0 Å². The van der Waals surface area contributed by atoms with Crippen molar-refractivity contribution < 1.29 is 0 Å². The number of hydrogen-bond acceptors (Lipinski definition) is 0. The fraction of sp³-hybridized carbons (Fsp3) is 0.263. The summed E-state index contributed by atoms with van der Waals surface area (Å²) < 4.78 is 1.23. The van der Waals surface area contributed by atoms with Crippen molar-refractivity contribution in [3.63, 3.8) is 0 Å². The maximum absolute atomic E-state index is 3.75. The summed E-state index contributed by atoms with van der Waals surface area (Å²) in [5.74, 6) is 0. The van der Waals surface area contributed by atoms with Crippen LogP contribution in [-0.2, 0) is 6.42 Å². The minimum absolute atomic E-state index is 1.05. The highest BCUT2D eigenvalue weighted by Gasteiger charge is 2.17. The maximum Gasteiger partial charge on any atom is 0.0222 e. The van der Waals surface area contributed by atoms with E-state index in [-0.39, 0.29) is 0 Å². The summed E-state index contributed by atoms with van der Waals surface area (Å²) in [7, 11) is 0. The van der Waals surface area contributed by atoms with Crippen LogP contribution >= 0.6 is 15.9 Å². The van der Waals surface area contributed by atoms with Gasteiger partial charge < -0.3 is 0 Å². The summed E-state index contributed by atoms with van der Waals surface area (Å²) in [5, 5.41) is 0. The second kappa shape index (κ2) is 4.89. The van der Waals surface area contributed by atoms with Gasteiger partial charge in [-0.3, -0.25) is 0 Å². The van der Waals surface area contributed by atoms with Crippen LogP contribution in [0.5, 0.6) is 0 Å². The first kappa shape index (κ1) is 13.6. The molecule has 0 saturated heterocycles. The molecule has 1 heteroatoms. The molecule has 0 atom stereocenters. The van der Waals surface area contributed by atoms with E-state index in [1.165, 1.54) is 49.0 Å². The van der Waals surface area contributed by atoms with E-state index in [1.54, 1.807) is 0 Å². The van der Waals surface area contributed by atoms with E-state index >= 15 is 0 Å². The molecule has 2 aromatic carbocycles. The van der Waals surface area contributed by atoms with Crippen molar-refractivity contribution in [1.29, 1.82) is 0 Å². The van der Waals surface area contributed by atoms with Crippen LogP contribution in [0.1, 0.15) is 34.7 Å². The lowest BCUT2D eigenvalue weighted by Gasteiger charge is -2.15. The highest BCUT2D eigenvalue weighted by atomic mass is 79.9. The number of benzene rings is 2. The van der Waals surface area contributed by atoms with Crippen molar-refractivity contribution in [2.45, 2.75) is 34.1 Å². The third-order valence-corrected chi connectivity index (χ3v) is 4.91. The Labute approximate surface area is 129 Å². The molecule has 1 aliphatic rings. The van der Waals surface area contributed by atoms with Crippen LogP contribution in [-0.4, -0.2) is 0 Å². The Morgan fingerprint density at radius 1 is 0.900 bits per heavy atom. The molecule has 0 aromatic heterocycles. The summed E-state index contributed by atoms with van der Waals surface area (Å²) in [4.78, 5) is 0. The fourth-order valence-corrected chi connectivity index (χ4v) is 3.96. The first-order valence-electron chi connectivity index (χ1n) is 7.05. The zero-order valence-electron chi connectivity index (χ0n) is 12.5. The number of allylic oxidation sites excluding steroid dienone is 2. The van der Waals surface area contributed by atoms with Crippen molar-refractivity contribution in [3.8, 4) is 11.1 Å². The van der Waals surface area contributed by atoms with Gasteiger partial charge in [0.1, 0.15) is 0 Å². The monoisotopic (exact) mass is 326 g/mol. The Kier molecular flexibility index (Phi) is 3.33. The molecule has 0 N–H and O–H groups in total. The molecule has 20 heavy (non-hydrogen) atoms. The Balaban J connectivity index is 2.25. The van der Waals surface area contributed by atoms with Gasteiger partial charge >= 0.3 is 0 Å². The lowest BCUT2D eigenvalue weighted by atomic mass is 9.91. The van der Waals surface area contributed by atoms with Crippen molar-refractivity contribution in [2.75, 3.05) is 0 Å². The van der Waals surface area contributed by atoms with Gasteiger partial charge in [0.25, 0.3) is 0 Å². The van der Waals surface area contributed by atoms with Crippen molar-refractivity contribution in [1.82, 2.24) is 0 Å². The molecule has 0 spiro atoms. The Bertz CT molecular complexity index is 713. The molecule has 102 valence electrons. The summed E-state index contributed by atoms with van der Waals surface area (Å²) in [6, 6.07) is 9.16. The second-order valence-corrected chi connectivity index (χ2v) is 6.70. The van der Waals surface area contributed by atoms with E-state index < -0.39 is 0 Å². The van der Waals surface area contributed by atoms with Gasteiger partial charge in [-0.25, -0.2) is 0 Å². The van der Waals surface area contributed by atoms with Crippen LogP contribution in [0.2, 0.25) is 0 Å². The summed E-state index contributed by atoms with van der Waals surface area (Å²) in [6.45, 7) is 8.78. The van der Waals surface area contributed by atoms with Gasteiger partial charge in [0.15, 0.2) is 0 Å². The molecular weight excluding hydrogens is 308 g/mol. The molecule has 2 aromatic rings. The normalized spacial score (nSPS) is 13.3. The van der Waals surface area contributed by atoms with E-state index in [0.29, 0.717) is 0 Å². The molecule has 0 radical (unpaired) electrons. The average molecular weight is 327 g/mol. The summed E-state index contributed by atoms with van der Waals surface area (Å²) >= 11 is 3.75. The molecule has 0 fully saturated rings. The van der Waals surface area contributed by atoms with Crippen molar-refractivity contribution >= 4 is 21.5 Å². The highest BCUT2D eigenvalue weighted by Crippen LogP contribution is 2.38. The fourth-order valence-electron chi connectivity index (χ4n) is 3.34. The maximum atomic E-state index is 3.75. The molecule has 3 rings (SSSR count). The van der Waals surface area contributed by atoms with Crippen LogP contribution in [0.25, 0.3) is 16.7 Å². The largest absolute Gasteiger partial charge is 0.0765 e. The predicted octanol–water partition coefficient (Wildman–Crippen LogP) is 6.00. The quantitative estimate of drug-likeness (QED) is 0.602. The lowest BCUT2D eigenvalue weighted by molar-refractivity contribution is 1.27. The van der Waals surface area contributed by atoms with E-state index in [1.807, 2.05) is 0 Å². The number of hydrogen-bond donors (Lipinski definition) is 0. The third kappa shape index (κ3) is 2.14. The topological polar surface area (TPSA) is 0 Å². The zero-order valence-corrected chi connectivity index (χ0v) is 14.1. The van der Waals surface area contributed by atoms with Gasteiger partial charge in [0.2, 0.25) is 0 Å². The molecule has 0 aliphatic heterocycles. The highest BCUT2D eigenvalue weighted by molar-refractivity contribution is 9.10. The van der Waals surface area contributed by atoms with E-state index in [0.717, 1.165) is 6.42 Å². The van der Waals surface area contributed by atoms with Crippen molar-refractivity contribution in [3.05, 3.63) is 62.6 Å². The number of rotatable bonds is 1. The zero-order chi connectivity index (χ0) is 14.4. The molecule has 0 heterocycles. The summed E-state index contributed by atoms with van der Waals surface area (Å²) in [6.07, 6.45) is 3.36. The predicted molar refractivity (Wildman–Crippen MR) is 91.1 cm³/mol. The number of aryl methyl sites for hydroxylation is 3. The Hall–Kier alpha value is -1.34. The van der Waals surface area contributed by atoms with Crippen LogP contribution in [0.3, 0.4) is 0 Å². The van der Waals surface area contributed by atoms with Crippen LogP contribution in [0.4, 0.5) is 0 Å². The van der Waals surface area contributed by atoms with E-state index in [4.69, 9.17) is 0 Å². The Morgan fingerprint density at radius 2 is 1.55 bits per heavy atom.